The van der Waals surface area contributed by atoms with E-state index in [0.717, 1.165) is 33.2 Å². The van der Waals surface area contributed by atoms with Gasteiger partial charge in [0.25, 0.3) is 0 Å². The zero-order chi connectivity index (χ0) is 20.6. The van der Waals surface area contributed by atoms with Gasteiger partial charge in [0.1, 0.15) is 0 Å². The molecule has 2 aromatic heterocycles. The number of hydrogen-bond acceptors (Lipinski definition) is 3. The lowest BCUT2D eigenvalue weighted by molar-refractivity contribution is -0.110. The van der Waals surface area contributed by atoms with Gasteiger partial charge in [-0.05, 0) is 48.6 Å². The lowest BCUT2D eigenvalue weighted by Gasteiger charge is -1.97. The normalized spacial score (nSPS) is 12.3. The maximum absolute atomic E-state index is 11.9. The highest BCUT2D eigenvalue weighted by Gasteiger charge is 1.95. The number of rotatable bonds is 6. The van der Waals surface area contributed by atoms with Crippen molar-refractivity contribution in [3.8, 4) is 0 Å². The van der Waals surface area contributed by atoms with Crippen LogP contribution in [0.2, 0.25) is 0 Å². The van der Waals surface area contributed by atoms with Crippen LogP contribution in [0.3, 0.4) is 0 Å². The minimum atomic E-state index is -0.0813. The minimum Gasteiger partial charge on any atom is -0.290 e. The molecule has 4 aromatic rings. The fraction of sp³-hybridized carbons (Fsp3) is 0. The summed E-state index contributed by atoms with van der Waals surface area (Å²) in [4.78, 5) is 21.1. The molecule has 0 bridgehead atoms. The first-order valence-corrected chi connectivity index (χ1v) is 9.73. The molecule has 144 valence electrons. The third kappa shape index (κ3) is 5.03. The van der Waals surface area contributed by atoms with Gasteiger partial charge < -0.3 is 0 Å². The molecule has 2 aromatic carbocycles. The standard InChI is InChI=1S/C27H20N2O/c30-25(13-5-3-11-23-19-17-21-9-1-7-15-26(21)28-23)14-6-4-12-24-20-18-22-10-2-8-16-27(22)29-24/h1-20H/b11-3+,12-4+,13-5+,14-6+. The molecule has 0 radical (unpaired) electrons. The van der Waals surface area contributed by atoms with E-state index in [0.29, 0.717) is 0 Å². The number of hydrogen-bond donors (Lipinski definition) is 0. The Hall–Kier alpha value is -4.11. The summed E-state index contributed by atoms with van der Waals surface area (Å²) in [6, 6.07) is 24.0. The zero-order valence-electron chi connectivity index (χ0n) is 16.3. The first-order chi connectivity index (χ1) is 14.8. The van der Waals surface area contributed by atoms with Gasteiger partial charge in [0.2, 0.25) is 0 Å². The van der Waals surface area contributed by atoms with Gasteiger partial charge in [0.05, 0.1) is 22.4 Å². The van der Waals surface area contributed by atoms with Gasteiger partial charge in [-0.25, -0.2) is 9.97 Å². The second-order valence-electron chi connectivity index (χ2n) is 6.70. The maximum Gasteiger partial charge on any atom is 0.178 e. The van der Waals surface area contributed by atoms with E-state index >= 15 is 0 Å². The Morgan fingerprint density at radius 1 is 0.567 bits per heavy atom. The van der Waals surface area contributed by atoms with Crippen LogP contribution in [-0.2, 0) is 4.79 Å². The van der Waals surface area contributed by atoms with Gasteiger partial charge in [0, 0.05) is 10.8 Å². The third-order valence-corrected chi connectivity index (χ3v) is 4.52. The van der Waals surface area contributed by atoms with Crippen molar-refractivity contribution in [3.63, 3.8) is 0 Å². The molecular formula is C27H20N2O. The molecule has 0 aliphatic carbocycles. The smallest absolute Gasteiger partial charge is 0.178 e. The minimum absolute atomic E-state index is 0.0813. The van der Waals surface area contributed by atoms with Crippen LogP contribution in [0, 0.1) is 0 Å². The van der Waals surface area contributed by atoms with Crippen molar-refractivity contribution >= 4 is 39.7 Å². The Bertz CT molecular complexity index is 1210. The lowest BCUT2D eigenvalue weighted by Crippen LogP contribution is -1.84. The first kappa shape index (κ1) is 19.2. The van der Waals surface area contributed by atoms with Crippen LogP contribution in [0.25, 0.3) is 34.0 Å². The summed E-state index contributed by atoms with van der Waals surface area (Å²) >= 11 is 0. The molecule has 0 unspecified atom stereocenters. The molecule has 0 aliphatic heterocycles. The van der Waals surface area contributed by atoms with Crippen LogP contribution in [0.5, 0.6) is 0 Å². The molecule has 3 nitrogen and oxygen atoms in total. The van der Waals surface area contributed by atoms with E-state index in [9.17, 15) is 4.79 Å². The maximum atomic E-state index is 11.9. The molecule has 30 heavy (non-hydrogen) atoms. The third-order valence-electron chi connectivity index (χ3n) is 4.52. The number of allylic oxidation sites excluding steroid dienone is 6. The fourth-order valence-electron chi connectivity index (χ4n) is 3.01. The number of nitrogens with zero attached hydrogens (tertiary/aromatic N) is 2. The van der Waals surface area contributed by atoms with Crippen LogP contribution < -0.4 is 0 Å². The number of ketones is 1. The van der Waals surface area contributed by atoms with Crippen LogP contribution in [-0.4, -0.2) is 15.8 Å². The highest BCUT2D eigenvalue weighted by Crippen LogP contribution is 2.13. The van der Waals surface area contributed by atoms with Crippen molar-refractivity contribution in [2.75, 3.05) is 0 Å². The largest absolute Gasteiger partial charge is 0.290 e. The van der Waals surface area contributed by atoms with Crippen molar-refractivity contribution in [1.29, 1.82) is 0 Å². The fourth-order valence-corrected chi connectivity index (χ4v) is 3.01. The van der Waals surface area contributed by atoms with Gasteiger partial charge in [-0.3, -0.25) is 4.79 Å². The highest BCUT2D eigenvalue weighted by atomic mass is 16.1. The second-order valence-corrected chi connectivity index (χ2v) is 6.70. The Kier molecular flexibility index (Phi) is 6.02. The molecule has 0 N–H and O–H groups in total. The average Bonchev–Trinajstić information content (AvgIpc) is 2.79. The molecule has 3 heteroatoms. The summed E-state index contributed by atoms with van der Waals surface area (Å²) < 4.78 is 0. The Balaban J connectivity index is 1.32. The van der Waals surface area contributed by atoms with E-state index in [4.69, 9.17) is 0 Å². The summed E-state index contributed by atoms with van der Waals surface area (Å²) in [5, 5.41) is 2.22. The summed E-state index contributed by atoms with van der Waals surface area (Å²) in [6.45, 7) is 0. The molecule has 0 fully saturated rings. The van der Waals surface area contributed by atoms with E-state index in [1.54, 1.807) is 12.2 Å². The molecule has 0 aliphatic rings. The van der Waals surface area contributed by atoms with E-state index in [2.05, 4.69) is 9.97 Å². The SMILES string of the molecule is O=C(/C=C/C=C/c1ccc2ccccc2n1)/C=C/C=C/c1ccc2ccccc2n1. The molecular weight excluding hydrogens is 368 g/mol. The van der Waals surface area contributed by atoms with Crippen molar-refractivity contribution in [2.24, 2.45) is 0 Å². The first-order valence-electron chi connectivity index (χ1n) is 9.73. The van der Waals surface area contributed by atoms with Gasteiger partial charge >= 0.3 is 0 Å². The van der Waals surface area contributed by atoms with Gasteiger partial charge in [-0.2, -0.15) is 0 Å². The molecule has 0 saturated carbocycles. The van der Waals surface area contributed by atoms with Crippen LogP contribution in [0.1, 0.15) is 11.4 Å². The number of para-hydroxylation sites is 2. The number of carbonyl (C=O) groups excluding carboxylic acids is 1. The summed E-state index contributed by atoms with van der Waals surface area (Å²) in [7, 11) is 0. The van der Waals surface area contributed by atoms with Crippen molar-refractivity contribution < 1.29 is 4.79 Å². The topological polar surface area (TPSA) is 42.9 Å². The molecule has 0 saturated heterocycles. The summed E-state index contributed by atoms with van der Waals surface area (Å²) in [5.74, 6) is -0.0813. The quantitative estimate of drug-likeness (QED) is 0.292. The summed E-state index contributed by atoms with van der Waals surface area (Å²) in [6.07, 6.45) is 13.9. The summed E-state index contributed by atoms with van der Waals surface area (Å²) in [5.41, 5.74) is 3.62. The van der Waals surface area contributed by atoms with E-state index in [-0.39, 0.29) is 5.78 Å². The average molecular weight is 388 g/mol. The Morgan fingerprint density at radius 2 is 1.03 bits per heavy atom. The number of carbonyl (C=O) groups is 1. The molecule has 0 atom stereocenters. The zero-order valence-corrected chi connectivity index (χ0v) is 16.3. The van der Waals surface area contributed by atoms with Crippen LogP contribution in [0.4, 0.5) is 0 Å². The van der Waals surface area contributed by atoms with E-state index in [1.165, 1.54) is 12.2 Å². The predicted molar refractivity (Wildman–Crippen MR) is 125 cm³/mol. The number of fused-ring (bicyclic) bond motifs is 2. The Morgan fingerprint density at radius 3 is 1.53 bits per heavy atom. The number of aromatic nitrogens is 2. The van der Waals surface area contributed by atoms with Crippen molar-refractivity contribution in [3.05, 3.63) is 121 Å². The number of pyridine rings is 2. The monoisotopic (exact) mass is 388 g/mol. The van der Waals surface area contributed by atoms with E-state index < -0.39 is 0 Å². The molecule has 0 spiro atoms. The van der Waals surface area contributed by atoms with Gasteiger partial charge in [0.15, 0.2) is 5.78 Å². The molecule has 2 heterocycles. The van der Waals surface area contributed by atoms with Gasteiger partial charge in [-0.1, -0.05) is 72.8 Å². The van der Waals surface area contributed by atoms with Crippen LogP contribution >= 0.6 is 0 Å². The Labute approximate surface area is 175 Å². The van der Waals surface area contributed by atoms with Crippen molar-refractivity contribution in [2.45, 2.75) is 0 Å². The molecule has 0 amide bonds. The highest BCUT2D eigenvalue weighted by molar-refractivity contribution is 5.99. The van der Waals surface area contributed by atoms with Gasteiger partial charge in [-0.15, -0.1) is 0 Å². The van der Waals surface area contributed by atoms with E-state index in [1.807, 2.05) is 97.1 Å². The number of benzene rings is 2. The van der Waals surface area contributed by atoms with Crippen LogP contribution in [0.15, 0.2) is 109 Å². The van der Waals surface area contributed by atoms with Crippen molar-refractivity contribution in [1.82, 2.24) is 9.97 Å². The lowest BCUT2D eigenvalue weighted by atomic mass is 10.2. The molecule has 4 rings (SSSR count). The predicted octanol–water partition coefficient (Wildman–Crippen LogP) is 6.19. The second kappa shape index (κ2) is 9.39.